The molecule has 2 rings (SSSR count). The number of hydrogen-bond donors (Lipinski definition) is 2. The Kier molecular flexibility index (Phi) is 7.53. The Labute approximate surface area is 145 Å². The molecule has 1 aromatic carbocycles. The number of hydrogen-bond acceptors (Lipinski definition) is 3. The molecule has 0 radical (unpaired) electrons. The molecule has 24 heavy (non-hydrogen) atoms. The first-order chi connectivity index (χ1) is 11.7. The zero-order chi connectivity index (χ0) is 17.3. The second-order valence-electron chi connectivity index (χ2n) is 6.26. The van der Waals surface area contributed by atoms with Crippen molar-refractivity contribution < 1.29 is 9.47 Å². The molecule has 134 valence electrons. The van der Waals surface area contributed by atoms with Crippen LogP contribution in [-0.2, 0) is 14.9 Å². The zero-order valence-corrected chi connectivity index (χ0v) is 15.2. The van der Waals surface area contributed by atoms with Gasteiger partial charge in [-0.25, -0.2) is 0 Å². The lowest BCUT2D eigenvalue weighted by atomic mass is 9.72. The summed E-state index contributed by atoms with van der Waals surface area (Å²) in [4.78, 5) is 4.32. The van der Waals surface area contributed by atoms with Gasteiger partial charge in [0, 0.05) is 45.4 Å². The van der Waals surface area contributed by atoms with Crippen LogP contribution in [0.2, 0.25) is 0 Å². The van der Waals surface area contributed by atoms with Gasteiger partial charge in [-0.3, -0.25) is 4.99 Å². The molecule has 5 heteroatoms. The third-order valence-corrected chi connectivity index (χ3v) is 4.73. The minimum Gasteiger partial charge on any atom is -0.381 e. The fourth-order valence-electron chi connectivity index (χ4n) is 3.33. The minimum absolute atomic E-state index is 0.0983. The first-order valence-electron chi connectivity index (χ1n) is 8.88. The van der Waals surface area contributed by atoms with E-state index in [1.807, 2.05) is 6.92 Å². The standard InChI is InChI=1S/C19H31N3O2/c1-4-23-14-11-21-18(20-3)22-15-19(9-12-24-13-10-19)17-8-6-5-7-16(17)2/h5-8H,4,9-15H2,1-3H3,(H2,20,21,22). The SMILES string of the molecule is CCOCCNC(=NC)NCC1(c2ccccc2C)CCOCC1. The van der Waals surface area contributed by atoms with Crippen LogP contribution in [0.3, 0.4) is 0 Å². The molecule has 1 aliphatic rings. The summed E-state index contributed by atoms with van der Waals surface area (Å²) in [7, 11) is 1.81. The predicted molar refractivity (Wildman–Crippen MR) is 98.8 cm³/mol. The largest absolute Gasteiger partial charge is 0.381 e. The van der Waals surface area contributed by atoms with E-state index in [1.165, 1.54) is 11.1 Å². The Morgan fingerprint density at radius 3 is 2.67 bits per heavy atom. The van der Waals surface area contributed by atoms with Gasteiger partial charge in [-0.2, -0.15) is 0 Å². The molecule has 1 saturated heterocycles. The van der Waals surface area contributed by atoms with E-state index in [9.17, 15) is 0 Å². The second-order valence-corrected chi connectivity index (χ2v) is 6.26. The van der Waals surface area contributed by atoms with Gasteiger partial charge in [-0.05, 0) is 37.8 Å². The van der Waals surface area contributed by atoms with Crippen molar-refractivity contribution in [3.8, 4) is 0 Å². The monoisotopic (exact) mass is 333 g/mol. The molecule has 0 bridgehead atoms. The van der Waals surface area contributed by atoms with Gasteiger partial charge in [0.15, 0.2) is 5.96 Å². The van der Waals surface area contributed by atoms with E-state index in [-0.39, 0.29) is 5.41 Å². The highest BCUT2D eigenvalue weighted by atomic mass is 16.5. The number of nitrogens with one attached hydrogen (secondary N) is 2. The fraction of sp³-hybridized carbons (Fsp3) is 0.632. The molecule has 1 aliphatic heterocycles. The molecule has 0 amide bonds. The van der Waals surface area contributed by atoms with Crippen molar-refractivity contribution in [2.75, 3.05) is 46.6 Å². The molecule has 0 spiro atoms. The molecule has 0 aromatic heterocycles. The number of ether oxygens (including phenoxy) is 2. The molecular formula is C19H31N3O2. The lowest BCUT2D eigenvalue weighted by Crippen LogP contribution is -2.48. The Morgan fingerprint density at radius 1 is 1.25 bits per heavy atom. The second kappa shape index (κ2) is 9.64. The van der Waals surface area contributed by atoms with Crippen LogP contribution in [0.15, 0.2) is 29.3 Å². The van der Waals surface area contributed by atoms with Crippen LogP contribution in [0.4, 0.5) is 0 Å². The van der Waals surface area contributed by atoms with Crippen molar-refractivity contribution in [2.45, 2.75) is 32.1 Å². The lowest BCUT2D eigenvalue weighted by molar-refractivity contribution is 0.0511. The summed E-state index contributed by atoms with van der Waals surface area (Å²) in [5.41, 5.74) is 2.87. The average Bonchev–Trinajstić information content (AvgIpc) is 2.62. The number of nitrogens with zero attached hydrogens (tertiary/aromatic N) is 1. The van der Waals surface area contributed by atoms with Crippen molar-refractivity contribution >= 4 is 5.96 Å². The third-order valence-electron chi connectivity index (χ3n) is 4.73. The molecule has 0 atom stereocenters. The Balaban J connectivity index is 2.03. The lowest BCUT2D eigenvalue weighted by Gasteiger charge is -2.39. The summed E-state index contributed by atoms with van der Waals surface area (Å²) in [6, 6.07) is 8.69. The quantitative estimate of drug-likeness (QED) is 0.456. The van der Waals surface area contributed by atoms with Gasteiger partial charge >= 0.3 is 0 Å². The van der Waals surface area contributed by atoms with Gasteiger partial charge < -0.3 is 20.1 Å². The number of aryl methyl sites for hydroxylation is 1. The smallest absolute Gasteiger partial charge is 0.191 e. The van der Waals surface area contributed by atoms with Gasteiger partial charge in [0.25, 0.3) is 0 Å². The summed E-state index contributed by atoms with van der Waals surface area (Å²) < 4.78 is 11.0. The first-order valence-corrected chi connectivity index (χ1v) is 8.88. The van der Waals surface area contributed by atoms with Crippen LogP contribution in [0.1, 0.15) is 30.9 Å². The van der Waals surface area contributed by atoms with E-state index < -0.39 is 0 Å². The van der Waals surface area contributed by atoms with E-state index in [2.05, 4.69) is 46.8 Å². The van der Waals surface area contributed by atoms with Crippen LogP contribution in [0.25, 0.3) is 0 Å². The van der Waals surface area contributed by atoms with Crippen molar-refractivity contribution in [1.29, 1.82) is 0 Å². The molecule has 2 N–H and O–H groups in total. The van der Waals surface area contributed by atoms with Crippen LogP contribution >= 0.6 is 0 Å². The molecule has 1 aromatic rings. The summed E-state index contributed by atoms with van der Waals surface area (Å²) in [6.45, 7) is 8.87. The molecule has 1 fully saturated rings. The highest BCUT2D eigenvalue weighted by molar-refractivity contribution is 5.79. The molecule has 0 aliphatic carbocycles. The Morgan fingerprint density at radius 2 is 2.00 bits per heavy atom. The molecule has 5 nitrogen and oxygen atoms in total. The highest BCUT2D eigenvalue weighted by Crippen LogP contribution is 2.36. The van der Waals surface area contributed by atoms with E-state index in [4.69, 9.17) is 9.47 Å². The Bertz CT molecular complexity index is 525. The van der Waals surface area contributed by atoms with Crippen molar-refractivity contribution in [3.63, 3.8) is 0 Å². The van der Waals surface area contributed by atoms with Crippen molar-refractivity contribution in [1.82, 2.24) is 10.6 Å². The summed E-state index contributed by atoms with van der Waals surface area (Å²) >= 11 is 0. The highest BCUT2D eigenvalue weighted by Gasteiger charge is 2.35. The van der Waals surface area contributed by atoms with Gasteiger partial charge in [0.1, 0.15) is 0 Å². The number of rotatable bonds is 7. The van der Waals surface area contributed by atoms with E-state index in [0.29, 0.717) is 6.61 Å². The average molecular weight is 333 g/mol. The molecular weight excluding hydrogens is 302 g/mol. The van der Waals surface area contributed by atoms with Crippen LogP contribution in [0.5, 0.6) is 0 Å². The third kappa shape index (κ3) is 4.95. The van der Waals surface area contributed by atoms with E-state index in [0.717, 1.165) is 51.7 Å². The van der Waals surface area contributed by atoms with Crippen molar-refractivity contribution in [2.24, 2.45) is 4.99 Å². The maximum absolute atomic E-state index is 5.62. The summed E-state index contributed by atoms with van der Waals surface area (Å²) in [5.74, 6) is 0.828. The number of benzene rings is 1. The van der Waals surface area contributed by atoms with Crippen LogP contribution in [0, 0.1) is 6.92 Å². The fourth-order valence-corrected chi connectivity index (χ4v) is 3.33. The maximum atomic E-state index is 5.62. The topological polar surface area (TPSA) is 54.9 Å². The number of aliphatic imine (C=N–C) groups is 1. The Hall–Kier alpha value is -1.59. The molecule has 0 unspecified atom stereocenters. The number of guanidine groups is 1. The molecule has 1 heterocycles. The normalized spacial score (nSPS) is 17.5. The molecule has 0 saturated carbocycles. The summed E-state index contributed by atoms with van der Waals surface area (Å²) in [6.07, 6.45) is 2.06. The van der Waals surface area contributed by atoms with Gasteiger partial charge in [0.2, 0.25) is 0 Å². The van der Waals surface area contributed by atoms with Crippen LogP contribution < -0.4 is 10.6 Å². The van der Waals surface area contributed by atoms with Gasteiger partial charge in [-0.1, -0.05) is 24.3 Å². The maximum Gasteiger partial charge on any atom is 0.191 e. The first kappa shape index (κ1) is 18.7. The van der Waals surface area contributed by atoms with Gasteiger partial charge in [0.05, 0.1) is 6.61 Å². The van der Waals surface area contributed by atoms with E-state index in [1.54, 1.807) is 7.05 Å². The van der Waals surface area contributed by atoms with E-state index >= 15 is 0 Å². The van der Waals surface area contributed by atoms with Crippen molar-refractivity contribution in [3.05, 3.63) is 35.4 Å². The van der Waals surface area contributed by atoms with Gasteiger partial charge in [-0.15, -0.1) is 0 Å². The van der Waals surface area contributed by atoms with Crippen LogP contribution in [-0.4, -0.2) is 52.5 Å². The summed E-state index contributed by atoms with van der Waals surface area (Å²) in [5, 5.41) is 6.82. The minimum atomic E-state index is 0.0983. The predicted octanol–water partition coefficient (Wildman–Crippen LogP) is 2.24. The zero-order valence-electron chi connectivity index (χ0n) is 15.2.